The number of aromatic nitrogens is 2. The minimum Gasteiger partial charge on any atom is -0.476 e. The maximum absolute atomic E-state index is 11.6. The van der Waals surface area contributed by atoms with E-state index in [-0.39, 0.29) is 23.8 Å². The Morgan fingerprint density at radius 2 is 2.00 bits per heavy atom. The van der Waals surface area contributed by atoms with Crippen LogP contribution in [0, 0.1) is 0 Å². The van der Waals surface area contributed by atoms with E-state index in [1.807, 2.05) is 13.8 Å². The summed E-state index contributed by atoms with van der Waals surface area (Å²) in [7, 11) is -3.28. The lowest BCUT2D eigenvalue weighted by Gasteiger charge is -2.23. The van der Waals surface area contributed by atoms with Crippen molar-refractivity contribution in [2.75, 3.05) is 18.1 Å². The van der Waals surface area contributed by atoms with Crippen LogP contribution in [0.1, 0.15) is 49.9 Å². The van der Waals surface area contributed by atoms with E-state index >= 15 is 0 Å². The Bertz CT molecular complexity index is 639. The second-order valence-corrected chi connectivity index (χ2v) is 8.49. The van der Waals surface area contributed by atoms with Crippen LogP contribution >= 0.6 is 0 Å². The fourth-order valence-electron chi connectivity index (χ4n) is 1.41. The van der Waals surface area contributed by atoms with Crippen molar-refractivity contribution < 1.29 is 18.3 Å². The Labute approximate surface area is 124 Å². The minimum atomic E-state index is -3.28. The number of aromatic carboxylic acids is 1. The van der Waals surface area contributed by atoms with Crippen molar-refractivity contribution in [3.63, 3.8) is 0 Å². The van der Waals surface area contributed by atoms with Crippen molar-refractivity contribution in [3.05, 3.63) is 17.7 Å². The third-order valence-electron chi connectivity index (χ3n) is 3.23. The number of nitrogens with zero attached hydrogens (tertiary/aromatic N) is 2. The van der Waals surface area contributed by atoms with Crippen LogP contribution in [0.25, 0.3) is 0 Å². The zero-order chi connectivity index (χ0) is 16.4. The minimum absolute atomic E-state index is 0.00427. The summed E-state index contributed by atoms with van der Waals surface area (Å²) in [5.41, 5.74) is 0.0571. The van der Waals surface area contributed by atoms with E-state index in [9.17, 15) is 18.3 Å². The molecule has 0 atom stereocenters. The molecule has 0 aliphatic heterocycles. The van der Waals surface area contributed by atoms with Crippen LogP contribution in [-0.2, 0) is 9.84 Å². The Morgan fingerprint density at radius 1 is 1.43 bits per heavy atom. The number of rotatable bonds is 6. The number of hydrogen-bond donors (Lipinski definition) is 2. The average Bonchev–Trinajstić information content (AvgIpc) is 2.34. The van der Waals surface area contributed by atoms with E-state index < -0.39 is 20.6 Å². The van der Waals surface area contributed by atoms with E-state index in [4.69, 9.17) is 0 Å². The molecule has 1 rings (SSSR count). The number of anilines is 1. The molecule has 0 aliphatic rings. The maximum atomic E-state index is 11.6. The summed E-state index contributed by atoms with van der Waals surface area (Å²) in [6.45, 7) is 6.93. The van der Waals surface area contributed by atoms with Gasteiger partial charge in [-0.3, -0.25) is 0 Å². The predicted molar refractivity (Wildman–Crippen MR) is 80.5 cm³/mol. The molecular weight excluding hydrogens is 294 g/mol. The van der Waals surface area contributed by atoms with Gasteiger partial charge in [0, 0.05) is 18.7 Å². The number of carboxylic acid groups (broad SMARTS) is 1. The third kappa shape index (κ3) is 4.13. The van der Waals surface area contributed by atoms with Crippen molar-refractivity contribution in [2.45, 2.75) is 38.4 Å². The third-order valence-corrected chi connectivity index (χ3v) is 5.39. The number of carbonyl (C=O) groups is 1. The highest BCUT2D eigenvalue weighted by Gasteiger charge is 2.30. The summed E-state index contributed by atoms with van der Waals surface area (Å²) in [6, 6.07) is 0. The van der Waals surface area contributed by atoms with Gasteiger partial charge in [-0.05, 0) is 13.8 Å². The first-order chi connectivity index (χ1) is 9.45. The van der Waals surface area contributed by atoms with Gasteiger partial charge in [-0.15, -0.1) is 0 Å². The van der Waals surface area contributed by atoms with Crippen molar-refractivity contribution in [1.29, 1.82) is 0 Å². The second-order valence-electron chi connectivity index (χ2n) is 5.84. The van der Waals surface area contributed by atoms with Gasteiger partial charge in [0.15, 0.2) is 15.5 Å². The smallest absolute Gasteiger partial charge is 0.356 e. The molecule has 0 aliphatic carbocycles. The van der Waals surface area contributed by atoms with Crippen molar-refractivity contribution >= 4 is 21.5 Å². The molecule has 2 N–H and O–H groups in total. The lowest BCUT2D eigenvalue weighted by Crippen LogP contribution is -2.38. The van der Waals surface area contributed by atoms with Crippen molar-refractivity contribution in [2.24, 2.45) is 0 Å². The van der Waals surface area contributed by atoms with Gasteiger partial charge in [-0.2, -0.15) is 0 Å². The highest BCUT2D eigenvalue weighted by molar-refractivity contribution is 7.92. The summed E-state index contributed by atoms with van der Waals surface area (Å²) in [6.07, 6.45) is 2.52. The van der Waals surface area contributed by atoms with Gasteiger partial charge in [-0.25, -0.2) is 23.2 Å². The molecule has 1 aromatic rings. The van der Waals surface area contributed by atoms with Gasteiger partial charge in [0.2, 0.25) is 0 Å². The van der Waals surface area contributed by atoms with Crippen LogP contribution in [0.4, 0.5) is 5.69 Å². The Morgan fingerprint density at radius 3 is 2.43 bits per heavy atom. The zero-order valence-electron chi connectivity index (χ0n) is 12.8. The van der Waals surface area contributed by atoms with E-state index in [0.717, 1.165) is 6.26 Å². The molecule has 0 fully saturated rings. The van der Waals surface area contributed by atoms with Gasteiger partial charge in [0.1, 0.15) is 5.82 Å². The van der Waals surface area contributed by atoms with E-state index in [2.05, 4.69) is 15.3 Å². The molecule has 0 saturated heterocycles. The van der Waals surface area contributed by atoms with Crippen molar-refractivity contribution in [3.8, 4) is 0 Å². The molecule has 0 amide bonds. The normalized spacial score (nSPS) is 12.5. The van der Waals surface area contributed by atoms with Crippen LogP contribution in [-0.4, -0.2) is 47.0 Å². The highest BCUT2D eigenvalue weighted by Crippen LogP contribution is 2.20. The molecule has 0 bridgehead atoms. The summed E-state index contributed by atoms with van der Waals surface area (Å²) in [4.78, 5) is 19.4. The largest absolute Gasteiger partial charge is 0.476 e. The number of carboxylic acids is 1. The maximum Gasteiger partial charge on any atom is 0.356 e. The lowest BCUT2D eigenvalue weighted by molar-refractivity contribution is 0.0691. The summed E-state index contributed by atoms with van der Waals surface area (Å²) < 4.78 is 22.3. The zero-order valence-corrected chi connectivity index (χ0v) is 13.7. The van der Waals surface area contributed by atoms with Crippen LogP contribution in [0.5, 0.6) is 0 Å². The van der Waals surface area contributed by atoms with Crippen molar-refractivity contribution in [1.82, 2.24) is 9.97 Å². The summed E-state index contributed by atoms with van der Waals surface area (Å²) in [5, 5.41) is 12.0. The van der Waals surface area contributed by atoms with Gasteiger partial charge in [-0.1, -0.05) is 13.8 Å². The Kier molecular flexibility index (Phi) is 4.93. The second kappa shape index (κ2) is 5.97. The molecule has 0 unspecified atom stereocenters. The quantitative estimate of drug-likeness (QED) is 0.819. The van der Waals surface area contributed by atoms with Gasteiger partial charge >= 0.3 is 5.97 Å². The fourth-order valence-corrected chi connectivity index (χ4v) is 1.74. The van der Waals surface area contributed by atoms with Crippen LogP contribution in [0.2, 0.25) is 0 Å². The fraction of sp³-hybridized carbons (Fsp3) is 0.615. The van der Waals surface area contributed by atoms with Crippen LogP contribution in [0.3, 0.4) is 0 Å². The van der Waals surface area contributed by atoms with E-state index in [1.165, 1.54) is 6.20 Å². The molecule has 1 heterocycles. The summed E-state index contributed by atoms with van der Waals surface area (Å²) in [5.74, 6) is -0.746. The lowest BCUT2D eigenvalue weighted by atomic mass is 10.2. The number of sulfone groups is 1. The van der Waals surface area contributed by atoms with Crippen LogP contribution in [0.15, 0.2) is 6.20 Å². The average molecular weight is 315 g/mol. The SMILES string of the molecule is CC(C)c1ncc(NCC(C)(C)S(C)(=O)=O)c(C(=O)O)n1. The molecule has 0 saturated carbocycles. The first kappa shape index (κ1) is 17.4. The Hall–Kier alpha value is -1.70. The molecule has 21 heavy (non-hydrogen) atoms. The molecule has 118 valence electrons. The van der Waals surface area contributed by atoms with E-state index in [1.54, 1.807) is 13.8 Å². The molecule has 0 aromatic carbocycles. The molecule has 7 nitrogen and oxygen atoms in total. The molecule has 8 heteroatoms. The van der Waals surface area contributed by atoms with E-state index in [0.29, 0.717) is 5.82 Å². The van der Waals surface area contributed by atoms with Gasteiger partial charge in [0.05, 0.1) is 16.6 Å². The summed E-state index contributed by atoms with van der Waals surface area (Å²) >= 11 is 0. The van der Waals surface area contributed by atoms with Gasteiger partial charge in [0.25, 0.3) is 0 Å². The van der Waals surface area contributed by atoms with Gasteiger partial charge < -0.3 is 10.4 Å². The number of hydrogen-bond acceptors (Lipinski definition) is 6. The first-order valence-electron chi connectivity index (χ1n) is 6.49. The molecule has 0 radical (unpaired) electrons. The predicted octanol–water partition coefficient (Wildman–Crippen LogP) is 1.53. The first-order valence-corrected chi connectivity index (χ1v) is 8.38. The van der Waals surface area contributed by atoms with Crippen LogP contribution < -0.4 is 5.32 Å². The molecular formula is C13H21N3O4S. The molecule has 1 aromatic heterocycles. The number of nitrogens with one attached hydrogen (secondary N) is 1. The standard InChI is InChI=1S/C13H21N3O4S/c1-8(2)11-14-6-9(10(16-11)12(17)18)15-7-13(3,4)21(5,19)20/h6,8,15H,7H2,1-5H3,(H,17,18). The monoisotopic (exact) mass is 315 g/mol. The molecule has 0 spiro atoms. The highest BCUT2D eigenvalue weighted by atomic mass is 32.2. The topological polar surface area (TPSA) is 109 Å². The Balaban J connectivity index is 3.07.